The molecule has 0 saturated heterocycles. The summed E-state index contributed by atoms with van der Waals surface area (Å²) in [6, 6.07) is 0. The van der Waals surface area contributed by atoms with E-state index in [1.165, 1.54) is 12.4 Å². The van der Waals surface area contributed by atoms with E-state index in [2.05, 4.69) is 10.4 Å². The van der Waals surface area contributed by atoms with Crippen LogP contribution in [0, 0.1) is 0 Å². The Labute approximate surface area is 34.5 Å². The molecule has 2 N–H and O–H groups in total. The Morgan fingerprint density at radius 2 is 2.67 bits per heavy atom. The molecule has 0 unspecified atom stereocenters. The number of hydrogen-bond acceptors (Lipinski definition) is 4. The van der Waals surface area contributed by atoms with Crippen LogP contribution in [-0.2, 0) is 4.94 Å². The third kappa shape index (κ3) is 0.425. The minimum Gasteiger partial charge on any atom is -0.262 e. The molecule has 0 aromatic carbocycles. The van der Waals surface area contributed by atoms with Crippen LogP contribution in [-0.4, -0.2) is 10.4 Å². The molecule has 0 bridgehead atoms. The van der Waals surface area contributed by atoms with Gasteiger partial charge in [0, 0.05) is 6.20 Å². The lowest BCUT2D eigenvalue weighted by atomic mass is 11.0. The molecule has 0 amide bonds. The summed E-state index contributed by atoms with van der Waals surface area (Å²) in [5.74, 6) is 0. The summed E-state index contributed by atoms with van der Waals surface area (Å²) in [6.45, 7) is 0. The van der Waals surface area contributed by atoms with Crippen molar-refractivity contribution >= 4 is 0 Å². The van der Waals surface area contributed by atoms with Gasteiger partial charge in [-0.1, -0.05) is 0 Å². The van der Waals surface area contributed by atoms with Gasteiger partial charge >= 0.3 is 0 Å². The second-order valence-electron chi connectivity index (χ2n) is 0.827. The van der Waals surface area contributed by atoms with Crippen molar-refractivity contribution in [3.05, 3.63) is 12.4 Å². The zero-order chi connectivity index (χ0) is 4.41. The summed E-state index contributed by atoms with van der Waals surface area (Å²) in [5, 5.41) is 8.76. The molecule has 1 aliphatic heterocycles. The van der Waals surface area contributed by atoms with E-state index in [1.807, 2.05) is 0 Å². The van der Waals surface area contributed by atoms with Crippen molar-refractivity contribution in [2.24, 2.45) is 0 Å². The number of nitrogens with one attached hydrogen (secondary N) is 1. The number of hydrogen-bond donors (Lipinski definition) is 2. The Bertz CT molecular complexity index is 71.9. The Morgan fingerprint density at radius 1 is 1.83 bits per heavy atom. The number of rotatable bonds is 0. The second-order valence-corrected chi connectivity index (χ2v) is 0.827. The summed E-state index contributed by atoms with van der Waals surface area (Å²) < 4.78 is 0. The van der Waals surface area contributed by atoms with Crippen molar-refractivity contribution in [1.29, 1.82) is 0 Å². The van der Waals surface area contributed by atoms with E-state index < -0.39 is 0 Å². The first kappa shape index (κ1) is 3.45. The Hall–Kier alpha value is -0.740. The highest BCUT2D eigenvalue weighted by molar-refractivity contribution is 4.72. The fourth-order valence-corrected chi connectivity index (χ4v) is 0.209. The normalized spacial score (nSPS) is 18.5. The molecule has 6 heavy (non-hydrogen) atoms. The molecule has 0 aliphatic carbocycles. The highest BCUT2D eigenvalue weighted by Gasteiger charge is 1.94. The van der Waals surface area contributed by atoms with E-state index in [4.69, 9.17) is 5.21 Å². The lowest BCUT2D eigenvalue weighted by molar-refractivity contribution is -0.315. The predicted octanol–water partition coefficient (Wildman–Crippen LogP) is -0.401. The largest absolute Gasteiger partial charge is 0.262 e. The van der Waals surface area contributed by atoms with E-state index >= 15 is 0 Å². The van der Waals surface area contributed by atoms with E-state index in [0.717, 1.165) is 0 Å². The van der Waals surface area contributed by atoms with Gasteiger partial charge in [-0.05, 0) is 0 Å². The lowest BCUT2D eigenvalue weighted by Gasteiger charge is -1.98. The lowest BCUT2D eigenvalue weighted by Crippen LogP contribution is -2.11. The van der Waals surface area contributed by atoms with Gasteiger partial charge < -0.3 is 0 Å². The first-order valence-corrected chi connectivity index (χ1v) is 1.47. The number of hydroxylamine groups is 3. The maximum Gasteiger partial charge on any atom is 0.0790 e. The molecule has 0 aromatic heterocycles. The molecule has 1 rings (SSSR count). The summed E-state index contributed by atoms with van der Waals surface area (Å²) >= 11 is 0. The van der Waals surface area contributed by atoms with Crippen LogP contribution in [0.5, 0.6) is 0 Å². The fraction of sp³-hybridized carbons (Fsp3) is 0. The van der Waals surface area contributed by atoms with Crippen molar-refractivity contribution in [3.63, 3.8) is 0 Å². The smallest absolute Gasteiger partial charge is 0.0790 e. The van der Waals surface area contributed by atoms with Gasteiger partial charge in [0.15, 0.2) is 0 Å². The van der Waals surface area contributed by atoms with Crippen LogP contribution in [0.4, 0.5) is 0 Å². The molecule has 1 aliphatic rings. The van der Waals surface area contributed by atoms with E-state index in [-0.39, 0.29) is 0 Å². The van der Waals surface area contributed by atoms with Crippen molar-refractivity contribution in [2.45, 2.75) is 0 Å². The second kappa shape index (κ2) is 1.16. The van der Waals surface area contributed by atoms with Crippen LogP contribution < -0.4 is 5.48 Å². The molecule has 34 valence electrons. The minimum absolute atomic E-state index is 0.569. The van der Waals surface area contributed by atoms with Gasteiger partial charge in [-0.25, -0.2) is 5.48 Å². The van der Waals surface area contributed by atoms with Crippen molar-refractivity contribution in [3.8, 4) is 0 Å². The Kier molecular flexibility index (Phi) is 0.664. The zero-order valence-electron chi connectivity index (χ0n) is 2.96. The molecule has 0 aromatic rings. The van der Waals surface area contributed by atoms with Gasteiger partial charge in [0.2, 0.25) is 0 Å². The monoisotopic (exact) mass is 88.0 g/mol. The average molecular weight is 88.1 g/mol. The first-order valence-electron chi connectivity index (χ1n) is 1.47. The topological polar surface area (TPSA) is 44.7 Å². The summed E-state index contributed by atoms with van der Waals surface area (Å²) in [6.07, 6.45) is 2.79. The van der Waals surface area contributed by atoms with E-state index in [0.29, 0.717) is 5.23 Å². The van der Waals surface area contributed by atoms with E-state index in [1.54, 1.807) is 0 Å². The van der Waals surface area contributed by atoms with Crippen LogP contribution in [0.2, 0.25) is 0 Å². The van der Waals surface area contributed by atoms with Crippen molar-refractivity contribution in [2.75, 3.05) is 0 Å². The van der Waals surface area contributed by atoms with Gasteiger partial charge in [0.1, 0.15) is 0 Å². The molecule has 0 saturated carbocycles. The summed E-state index contributed by atoms with van der Waals surface area (Å²) in [4.78, 5) is 4.18. The van der Waals surface area contributed by atoms with Gasteiger partial charge in [0.25, 0.3) is 0 Å². The molecule has 0 atom stereocenters. The van der Waals surface area contributed by atoms with Crippen LogP contribution in [0.1, 0.15) is 0 Å². The number of nitrogens with zero attached hydrogens (tertiary/aromatic N) is 1. The molecule has 4 heteroatoms. The van der Waals surface area contributed by atoms with Crippen LogP contribution >= 0.6 is 0 Å². The molecular weight excluding hydrogens is 84.0 g/mol. The van der Waals surface area contributed by atoms with Gasteiger partial charge in [0.05, 0.1) is 6.20 Å². The molecule has 0 spiro atoms. The third-order valence-electron chi connectivity index (χ3n) is 0.416. The molecule has 1 heterocycles. The van der Waals surface area contributed by atoms with Crippen molar-refractivity contribution in [1.82, 2.24) is 10.7 Å². The highest BCUT2D eigenvalue weighted by Crippen LogP contribution is 1.86. The standard InChI is InChI=1S/C2H4N2O2/c5-4-2-1-3-6-4/h1-3,5H. The molecule has 0 fully saturated rings. The highest BCUT2D eigenvalue weighted by atomic mass is 17.0. The van der Waals surface area contributed by atoms with Crippen LogP contribution in [0.3, 0.4) is 0 Å². The van der Waals surface area contributed by atoms with Gasteiger partial charge in [-0.3, -0.25) is 5.21 Å². The zero-order valence-corrected chi connectivity index (χ0v) is 2.96. The van der Waals surface area contributed by atoms with Gasteiger partial charge in [-0.2, -0.15) is 0 Å². The predicted molar refractivity (Wildman–Crippen MR) is 17.0 cm³/mol. The van der Waals surface area contributed by atoms with Crippen LogP contribution in [0.15, 0.2) is 12.4 Å². The SMILES string of the molecule is ON1C=CNO1. The van der Waals surface area contributed by atoms with Gasteiger partial charge in [-0.15, -0.1) is 10.2 Å². The fourth-order valence-electron chi connectivity index (χ4n) is 0.209. The Morgan fingerprint density at radius 3 is 2.83 bits per heavy atom. The quantitative estimate of drug-likeness (QED) is 0.423. The maximum atomic E-state index is 8.19. The Balaban J connectivity index is 2.38. The maximum absolute atomic E-state index is 8.19. The van der Waals surface area contributed by atoms with E-state index in [9.17, 15) is 0 Å². The summed E-state index contributed by atoms with van der Waals surface area (Å²) in [7, 11) is 0. The first-order chi connectivity index (χ1) is 2.89. The third-order valence-corrected chi connectivity index (χ3v) is 0.416. The molecule has 0 radical (unpaired) electrons. The minimum atomic E-state index is 0.569. The molecule has 4 nitrogen and oxygen atoms in total. The van der Waals surface area contributed by atoms with Crippen LogP contribution in [0.25, 0.3) is 0 Å². The average Bonchev–Trinajstić information content (AvgIpc) is 1.86. The molecular formula is C2H4N2O2. The van der Waals surface area contributed by atoms with Crippen molar-refractivity contribution < 1.29 is 10.1 Å². The summed E-state index contributed by atoms with van der Waals surface area (Å²) in [5.41, 5.74) is 2.27.